The van der Waals surface area contributed by atoms with E-state index in [4.69, 9.17) is 0 Å². The number of pyridine rings is 1. The average molecular weight is 199 g/mol. The number of hydrogen-bond donors (Lipinski definition) is 0. The van der Waals surface area contributed by atoms with Crippen LogP contribution in [0.25, 0.3) is 0 Å². The fourth-order valence-corrected chi connectivity index (χ4v) is 1.55. The van der Waals surface area contributed by atoms with Gasteiger partial charge in [-0.05, 0) is 0 Å². The molecule has 0 bridgehead atoms. The van der Waals surface area contributed by atoms with Gasteiger partial charge in [-0.25, -0.2) is 4.99 Å². The Morgan fingerprint density at radius 2 is 1.93 bits per heavy atom. The number of ketones is 1. The fourth-order valence-electron chi connectivity index (χ4n) is 1.55. The van der Waals surface area contributed by atoms with Gasteiger partial charge in [0.05, 0.1) is 6.21 Å². The van der Waals surface area contributed by atoms with Crippen molar-refractivity contribution in [1.29, 1.82) is 0 Å². The molecule has 0 fully saturated rings. The monoisotopic (exact) mass is 199 g/mol. The van der Waals surface area contributed by atoms with Crippen LogP contribution >= 0.6 is 0 Å². The Balaban J connectivity index is 1.98. The van der Waals surface area contributed by atoms with E-state index in [1.165, 1.54) is 0 Å². The lowest BCUT2D eigenvalue weighted by atomic mass is 10.1. The van der Waals surface area contributed by atoms with Crippen molar-refractivity contribution in [2.24, 2.45) is 15.2 Å². The van der Waals surface area contributed by atoms with Crippen molar-refractivity contribution in [2.45, 2.75) is 6.04 Å². The predicted octanol–water partition coefficient (Wildman–Crippen LogP) is 0.804. The van der Waals surface area contributed by atoms with Gasteiger partial charge < -0.3 is 0 Å². The van der Waals surface area contributed by atoms with Crippen LogP contribution in [0, 0.1) is 0 Å². The lowest BCUT2D eigenvalue weighted by molar-refractivity contribution is -0.692. The number of allylic oxidation sites excluding steroid dienone is 1. The lowest BCUT2D eigenvalue weighted by Crippen LogP contribution is -2.46. The first-order chi connectivity index (χ1) is 7.36. The molecule has 1 aromatic rings. The molecular formula is C10H7N4O+. The van der Waals surface area contributed by atoms with E-state index in [0.29, 0.717) is 11.5 Å². The van der Waals surface area contributed by atoms with Crippen molar-refractivity contribution < 1.29 is 9.36 Å². The molecule has 0 saturated carbocycles. The van der Waals surface area contributed by atoms with Crippen molar-refractivity contribution in [3.8, 4) is 0 Å². The van der Waals surface area contributed by atoms with Crippen molar-refractivity contribution in [3.63, 3.8) is 0 Å². The van der Waals surface area contributed by atoms with E-state index in [2.05, 4.69) is 15.2 Å². The molecule has 1 unspecified atom stereocenters. The molecule has 0 radical (unpaired) electrons. The molecule has 3 heterocycles. The van der Waals surface area contributed by atoms with E-state index in [1.54, 1.807) is 10.8 Å². The molecule has 0 amide bonds. The second-order valence-corrected chi connectivity index (χ2v) is 3.28. The van der Waals surface area contributed by atoms with E-state index in [1.807, 2.05) is 30.6 Å². The molecule has 2 aliphatic rings. The number of nitrogens with zero attached hydrogens (tertiary/aromatic N) is 4. The van der Waals surface area contributed by atoms with Crippen LogP contribution in [0.4, 0.5) is 0 Å². The summed E-state index contributed by atoms with van der Waals surface area (Å²) in [6.07, 6.45) is 5.26. The van der Waals surface area contributed by atoms with E-state index < -0.39 is 0 Å². The minimum absolute atomic E-state index is 0.0498. The zero-order valence-electron chi connectivity index (χ0n) is 7.74. The molecule has 0 spiro atoms. The molecule has 1 aromatic heterocycles. The number of carbonyl (C=O) groups is 1. The van der Waals surface area contributed by atoms with E-state index in [0.717, 1.165) is 0 Å². The second kappa shape index (κ2) is 2.91. The van der Waals surface area contributed by atoms with Crippen LogP contribution in [-0.4, -0.2) is 12.0 Å². The number of hydrogen-bond acceptors (Lipinski definition) is 4. The highest BCUT2D eigenvalue weighted by molar-refractivity contribution is 6.08. The zero-order chi connectivity index (χ0) is 10.3. The summed E-state index contributed by atoms with van der Waals surface area (Å²) in [7, 11) is 0. The van der Waals surface area contributed by atoms with Gasteiger partial charge in [0.2, 0.25) is 5.82 Å². The molecule has 2 aliphatic heterocycles. The maximum Gasteiger partial charge on any atom is 0.260 e. The molecule has 5 nitrogen and oxygen atoms in total. The van der Waals surface area contributed by atoms with Gasteiger partial charge in [-0.2, -0.15) is 4.57 Å². The molecule has 15 heavy (non-hydrogen) atoms. The average Bonchev–Trinajstić information content (AvgIpc) is 2.22. The van der Waals surface area contributed by atoms with Crippen LogP contribution in [0.2, 0.25) is 0 Å². The van der Waals surface area contributed by atoms with Gasteiger partial charge in [-0.1, -0.05) is 6.07 Å². The van der Waals surface area contributed by atoms with Gasteiger partial charge in [0.1, 0.15) is 0 Å². The van der Waals surface area contributed by atoms with Gasteiger partial charge in [0.15, 0.2) is 18.1 Å². The number of carbonyl (C=O) groups excluding carboxylic acids is 1. The standard InChI is InChI=1S/C10H7N4O/c15-9-7(14-4-2-1-3-5-14)6-11-10-8(9)12-13-10/h1-7H/q+1. The summed E-state index contributed by atoms with van der Waals surface area (Å²) in [6.45, 7) is 0. The summed E-state index contributed by atoms with van der Waals surface area (Å²) >= 11 is 0. The lowest BCUT2D eigenvalue weighted by Gasteiger charge is -2.15. The molecule has 0 aromatic carbocycles. The van der Waals surface area contributed by atoms with E-state index in [9.17, 15) is 4.79 Å². The first kappa shape index (κ1) is 8.16. The van der Waals surface area contributed by atoms with Crippen LogP contribution < -0.4 is 4.57 Å². The predicted molar refractivity (Wildman–Crippen MR) is 51.1 cm³/mol. The third kappa shape index (κ3) is 1.13. The number of Topliss-reactive ketones (excluding diaryl/α,β-unsaturated/α-hetero) is 1. The van der Waals surface area contributed by atoms with Crippen molar-refractivity contribution >= 4 is 12.0 Å². The van der Waals surface area contributed by atoms with Crippen LogP contribution in [0.15, 0.2) is 57.3 Å². The van der Waals surface area contributed by atoms with Gasteiger partial charge in [-0.15, -0.1) is 10.2 Å². The molecule has 3 rings (SSSR count). The summed E-state index contributed by atoms with van der Waals surface area (Å²) < 4.78 is 1.80. The maximum absolute atomic E-state index is 11.9. The molecule has 0 N–H and O–H groups in total. The molecular weight excluding hydrogens is 192 g/mol. The minimum Gasteiger partial charge on any atom is -0.284 e. The van der Waals surface area contributed by atoms with Crippen molar-refractivity contribution in [1.82, 2.24) is 0 Å². The Morgan fingerprint density at radius 3 is 2.60 bits per heavy atom. The molecule has 72 valence electrons. The fraction of sp³-hybridized carbons (Fsp3) is 0.100. The van der Waals surface area contributed by atoms with Gasteiger partial charge in [0.25, 0.3) is 11.8 Å². The number of azo groups is 1. The Morgan fingerprint density at radius 1 is 1.13 bits per heavy atom. The van der Waals surface area contributed by atoms with Crippen LogP contribution in [0.1, 0.15) is 6.04 Å². The third-order valence-corrected chi connectivity index (χ3v) is 2.36. The Labute approximate surface area is 85.5 Å². The highest BCUT2D eigenvalue weighted by Gasteiger charge is 2.37. The summed E-state index contributed by atoms with van der Waals surface area (Å²) in [5.74, 6) is 0.402. The number of aliphatic imine (C=N–C) groups is 1. The number of rotatable bonds is 1. The van der Waals surface area contributed by atoms with Crippen LogP contribution in [0.5, 0.6) is 0 Å². The first-order valence-corrected chi connectivity index (χ1v) is 4.56. The summed E-state index contributed by atoms with van der Waals surface area (Å²) in [5, 5.41) is 7.32. The molecule has 0 aliphatic carbocycles. The van der Waals surface area contributed by atoms with Crippen LogP contribution in [-0.2, 0) is 4.79 Å². The minimum atomic E-state index is -0.385. The normalized spacial score (nSPS) is 22.7. The van der Waals surface area contributed by atoms with Crippen LogP contribution in [0.3, 0.4) is 0 Å². The summed E-state index contributed by atoms with van der Waals surface area (Å²) in [6, 6.07) is 5.25. The third-order valence-electron chi connectivity index (χ3n) is 2.36. The molecule has 5 heteroatoms. The maximum atomic E-state index is 11.9. The number of aromatic nitrogens is 1. The van der Waals surface area contributed by atoms with Gasteiger partial charge in [-0.3, -0.25) is 4.79 Å². The zero-order valence-corrected chi connectivity index (χ0v) is 7.74. The summed E-state index contributed by atoms with van der Waals surface area (Å²) in [4.78, 5) is 15.9. The largest absolute Gasteiger partial charge is 0.284 e. The Kier molecular flexibility index (Phi) is 1.58. The molecule has 0 saturated heterocycles. The Hall–Kier alpha value is -2.17. The van der Waals surface area contributed by atoms with Gasteiger partial charge >= 0.3 is 0 Å². The van der Waals surface area contributed by atoms with E-state index >= 15 is 0 Å². The first-order valence-electron chi connectivity index (χ1n) is 4.56. The highest BCUT2D eigenvalue weighted by Crippen LogP contribution is 2.27. The Bertz CT molecular complexity index is 515. The molecule has 1 atom stereocenters. The summed E-state index contributed by atoms with van der Waals surface area (Å²) in [5.41, 5.74) is 0.388. The van der Waals surface area contributed by atoms with Crippen molar-refractivity contribution in [2.75, 3.05) is 0 Å². The van der Waals surface area contributed by atoms with E-state index in [-0.39, 0.29) is 11.8 Å². The second-order valence-electron chi connectivity index (χ2n) is 3.28. The quantitative estimate of drug-likeness (QED) is 0.617. The van der Waals surface area contributed by atoms with Gasteiger partial charge in [0, 0.05) is 12.1 Å². The highest BCUT2D eigenvalue weighted by atomic mass is 16.1. The SMILES string of the molecule is O=C1C2=C(N=CC1[n+]1ccccc1)N=N2. The smallest absolute Gasteiger partial charge is 0.260 e. The van der Waals surface area contributed by atoms with Crippen molar-refractivity contribution in [3.05, 3.63) is 42.1 Å². The topological polar surface area (TPSA) is 58.0 Å².